The fraction of sp³-hybridized carbons (Fsp3) is 0.235. The second kappa shape index (κ2) is 5.82. The highest BCUT2D eigenvalue weighted by Gasteiger charge is 2.28. The fourth-order valence-corrected chi connectivity index (χ4v) is 3.19. The van der Waals surface area contributed by atoms with Crippen molar-refractivity contribution in [1.82, 2.24) is 0 Å². The highest BCUT2D eigenvalue weighted by Crippen LogP contribution is 2.32. The second-order valence-corrected chi connectivity index (χ2v) is 6.58. The molecular weight excluding hydrogens is 350 g/mol. The van der Waals surface area contributed by atoms with Crippen molar-refractivity contribution in [2.24, 2.45) is 0 Å². The number of carbonyl (C=O) groups excluding carboxylic acids is 1. The number of benzene rings is 2. The summed E-state index contributed by atoms with van der Waals surface area (Å²) in [6.07, 6.45) is 2.00. The summed E-state index contributed by atoms with van der Waals surface area (Å²) in [4.78, 5) is 14.8. The summed E-state index contributed by atoms with van der Waals surface area (Å²) in [7, 11) is 0. The van der Waals surface area contributed by atoms with Crippen molar-refractivity contribution in [3.63, 3.8) is 0 Å². The summed E-state index contributed by atoms with van der Waals surface area (Å²) in [5, 5.41) is 0.554. The lowest BCUT2D eigenvalue weighted by atomic mass is 9.96. The topological polar surface area (TPSA) is 20.3 Å². The number of fused-ring (bicyclic) bond motifs is 1. The van der Waals surface area contributed by atoms with Crippen LogP contribution in [0.1, 0.15) is 29.3 Å². The van der Waals surface area contributed by atoms with E-state index in [1.807, 2.05) is 35.2 Å². The van der Waals surface area contributed by atoms with Crippen molar-refractivity contribution < 1.29 is 4.79 Å². The lowest BCUT2D eigenvalue weighted by Crippen LogP contribution is -2.42. The summed E-state index contributed by atoms with van der Waals surface area (Å²) in [5.41, 5.74) is 2.86. The number of carbonyl (C=O) groups is 1. The molecule has 0 bridgehead atoms. The quantitative estimate of drug-likeness (QED) is 0.690. The zero-order chi connectivity index (χ0) is 15.0. The third-order valence-electron chi connectivity index (χ3n) is 3.91. The van der Waals surface area contributed by atoms with Gasteiger partial charge in [0.25, 0.3) is 5.91 Å². The molecule has 0 N–H and O–H groups in total. The molecular formula is C17H15BrClNO. The molecule has 0 aromatic heterocycles. The second-order valence-electron chi connectivity index (χ2n) is 5.32. The monoisotopic (exact) mass is 363 g/mol. The van der Waals surface area contributed by atoms with Gasteiger partial charge in [-0.05, 0) is 65.5 Å². The van der Waals surface area contributed by atoms with Gasteiger partial charge in [0.2, 0.25) is 0 Å². The lowest BCUT2D eigenvalue weighted by molar-refractivity contribution is 0.0975. The molecule has 2 aromatic carbocycles. The molecule has 0 aliphatic carbocycles. The molecule has 0 radical (unpaired) electrons. The predicted molar refractivity (Wildman–Crippen MR) is 90.2 cm³/mol. The van der Waals surface area contributed by atoms with E-state index in [4.69, 9.17) is 11.6 Å². The van der Waals surface area contributed by atoms with Crippen LogP contribution in [-0.4, -0.2) is 11.9 Å². The number of rotatable bonds is 1. The number of hydrogen-bond donors (Lipinski definition) is 0. The van der Waals surface area contributed by atoms with Crippen LogP contribution in [0.5, 0.6) is 0 Å². The van der Waals surface area contributed by atoms with Crippen molar-refractivity contribution in [2.75, 3.05) is 4.90 Å². The van der Waals surface area contributed by atoms with Gasteiger partial charge in [0, 0.05) is 21.8 Å². The summed E-state index contributed by atoms with van der Waals surface area (Å²) < 4.78 is 0.799. The zero-order valence-corrected chi connectivity index (χ0v) is 14.0. The summed E-state index contributed by atoms with van der Waals surface area (Å²) in [5.74, 6) is 0.00375. The molecule has 108 valence electrons. The Morgan fingerprint density at radius 1 is 1.29 bits per heavy atom. The van der Waals surface area contributed by atoms with Crippen LogP contribution in [0.4, 0.5) is 5.69 Å². The molecule has 2 aromatic rings. The number of hydrogen-bond acceptors (Lipinski definition) is 1. The first-order valence-corrected chi connectivity index (χ1v) is 8.11. The Morgan fingerprint density at radius 2 is 2.05 bits per heavy atom. The number of para-hydroxylation sites is 1. The van der Waals surface area contributed by atoms with Crippen LogP contribution < -0.4 is 4.90 Å². The minimum absolute atomic E-state index is 0.00375. The van der Waals surface area contributed by atoms with Gasteiger partial charge in [-0.3, -0.25) is 4.79 Å². The van der Waals surface area contributed by atoms with Crippen LogP contribution in [0.25, 0.3) is 0 Å². The van der Waals surface area contributed by atoms with Crippen LogP contribution in [-0.2, 0) is 6.42 Å². The van der Waals surface area contributed by atoms with Crippen LogP contribution in [0.15, 0.2) is 46.9 Å². The summed E-state index contributed by atoms with van der Waals surface area (Å²) in [6.45, 7) is 2.09. The van der Waals surface area contributed by atoms with Crippen LogP contribution >= 0.6 is 27.5 Å². The fourth-order valence-electron chi connectivity index (χ4n) is 2.77. The number of anilines is 1. The van der Waals surface area contributed by atoms with E-state index in [-0.39, 0.29) is 11.9 Å². The van der Waals surface area contributed by atoms with Gasteiger partial charge in [-0.2, -0.15) is 0 Å². The molecule has 1 atom stereocenters. The van der Waals surface area contributed by atoms with Gasteiger partial charge in [-0.1, -0.05) is 29.8 Å². The molecule has 0 saturated carbocycles. The molecule has 0 saturated heterocycles. The first kappa shape index (κ1) is 14.6. The number of aryl methyl sites for hydroxylation is 1. The molecule has 3 rings (SSSR count). The van der Waals surface area contributed by atoms with Crippen LogP contribution in [0.2, 0.25) is 5.02 Å². The van der Waals surface area contributed by atoms with Crippen molar-refractivity contribution in [3.05, 3.63) is 63.1 Å². The van der Waals surface area contributed by atoms with Gasteiger partial charge in [-0.25, -0.2) is 0 Å². The molecule has 1 aliphatic heterocycles. The highest BCUT2D eigenvalue weighted by molar-refractivity contribution is 9.10. The van der Waals surface area contributed by atoms with E-state index in [2.05, 4.69) is 28.9 Å². The van der Waals surface area contributed by atoms with Gasteiger partial charge in [0.15, 0.2) is 0 Å². The Kier molecular flexibility index (Phi) is 4.05. The molecule has 21 heavy (non-hydrogen) atoms. The van der Waals surface area contributed by atoms with E-state index in [1.54, 1.807) is 6.07 Å². The van der Waals surface area contributed by atoms with Crippen LogP contribution in [0.3, 0.4) is 0 Å². The van der Waals surface area contributed by atoms with Gasteiger partial charge in [0.05, 0.1) is 5.02 Å². The van der Waals surface area contributed by atoms with Crippen molar-refractivity contribution in [3.8, 4) is 0 Å². The Hall–Kier alpha value is -1.32. The van der Waals surface area contributed by atoms with Crippen molar-refractivity contribution in [1.29, 1.82) is 0 Å². The molecule has 0 spiro atoms. The first-order valence-electron chi connectivity index (χ1n) is 6.94. The molecule has 1 amide bonds. The number of amides is 1. The molecule has 4 heteroatoms. The summed E-state index contributed by atoms with van der Waals surface area (Å²) >= 11 is 9.47. The Morgan fingerprint density at radius 3 is 2.81 bits per heavy atom. The average Bonchev–Trinajstić information content (AvgIpc) is 2.49. The standard InChI is InChI=1S/C17H15BrClNO/c1-11-6-7-12-4-2-3-5-16(12)20(11)17(21)13-8-9-14(18)15(19)10-13/h2-5,8-11H,6-7H2,1H3. The third kappa shape index (κ3) is 2.72. The largest absolute Gasteiger partial charge is 0.305 e. The van der Waals surface area contributed by atoms with E-state index in [0.717, 1.165) is 23.0 Å². The zero-order valence-electron chi connectivity index (χ0n) is 11.6. The number of halogens is 2. The maximum atomic E-state index is 12.9. The molecule has 2 nitrogen and oxygen atoms in total. The van der Waals surface area contributed by atoms with Crippen LogP contribution in [0, 0.1) is 0 Å². The first-order chi connectivity index (χ1) is 10.1. The lowest BCUT2D eigenvalue weighted by Gasteiger charge is -2.35. The highest BCUT2D eigenvalue weighted by atomic mass is 79.9. The van der Waals surface area contributed by atoms with E-state index in [0.29, 0.717) is 10.6 Å². The molecule has 1 unspecified atom stereocenters. The minimum Gasteiger partial charge on any atom is -0.305 e. The summed E-state index contributed by atoms with van der Waals surface area (Å²) in [6, 6.07) is 13.6. The normalized spacial score (nSPS) is 17.5. The van der Waals surface area contributed by atoms with Gasteiger partial charge in [-0.15, -0.1) is 0 Å². The Balaban J connectivity index is 2.02. The third-order valence-corrected chi connectivity index (χ3v) is 5.14. The minimum atomic E-state index is 0.00375. The van der Waals surface area contributed by atoms with E-state index in [1.165, 1.54) is 5.56 Å². The number of nitrogens with zero attached hydrogens (tertiary/aromatic N) is 1. The van der Waals surface area contributed by atoms with E-state index >= 15 is 0 Å². The molecule has 0 fully saturated rings. The Bertz CT molecular complexity index is 701. The van der Waals surface area contributed by atoms with Crippen molar-refractivity contribution >= 4 is 39.1 Å². The Labute approximate surface area is 137 Å². The predicted octanol–water partition coefficient (Wildman–Crippen LogP) is 5.08. The van der Waals surface area contributed by atoms with E-state index < -0.39 is 0 Å². The van der Waals surface area contributed by atoms with Gasteiger partial charge < -0.3 is 4.90 Å². The van der Waals surface area contributed by atoms with Gasteiger partial charge >= 0.3 is 0 Å². The van der Waals surface area contributed by atoms with Crippen molar-refractivity contribution in [2.45, 2.75) is 25.8 Å². The van der Waals surface area contributed by atoms with E-state index in [9.17, 15) is 4.79 Å². The SMILES string of the molecule is CC1CCc2ccccc2N1C(=O)c1ccc(Br)c(Cl)c1. The average molecular weight is 365 g/mol. The maximum Gasteiger partial charge on any atom is 0.258 e. The maximum absolute atomic E-state index is 12.9. The smallest absolute Gasteiger partial charge is 0.258 e. The van der Waals surface area contributed by atoms with Gasteiger partial charge in [0.1, 0.15) is 0 Å². The molecule has 1 heterocycles. The molecule has 1 aliphatic rings.